The zero-order valence-electron chi connectivity index (χ0n) is 9.25. The van der Waals surface area contributed by atoms with E-state index in [4.69, 9.17) is 0 Å². The number of carbonyl (C=O) groups excluding carboxylic acids is 1. The van der Waals surface area contributed by atoms with Crippen molar-refractivity contribution in [3.8, 4) is 0 Å². The zero-order chi connectivity index (χ0) is 12.1. The Morgan fingerprint density at radius 1 is 1.41 bits per heavy atom. The van der Waals surface area contributed by atoms with Crippen molar-refractivity contribution in [2.75, 3.05) is 7.11 Å². The molecule has 1 heterocycles. The highest BCUT2D eigenvalue weighted by atomic mass is 16.5. The molecule has 0 radical (unpaired) electrons. The Hall–Kier alpha value is -2.43. The van der Waals surface area contributed by atoms with Gasteiger partial charge in [0.15, 0.2) is 0 Å². The molecule has 1 aromatic carbocycles. The van der Waals surface area contributed by atoms with E-state index in [9.17, 15) is 4.79 Å². The summed E-state index contributed by atoms with van der Waals surface area (Å²) < 4.78 is 4.40. The summed E-state index contributed by atoms with van der Waals surface area (Å²) in [5.74, 6) is 0. The fraction of sp³-hybridized carbons (Fsp3) is 0.0833. The average Bonchev–Trinajstić information content (AvgIpc) is 2.39. The molecule has 0 bridgehead atoms. The maximum absolute atomic E-state index is 10.8. The van der Waals surface area contributed by atoms with Gasteiger partial charge in [-0.1, -0.05) is 18.2 Å². The van der Waals surface area contributed by atoms with E-state index in [0.29, 0.717) is 0 Å². The standard InChI is InChI=1S/C12H11N3O2/c1-17-12(16)15-14-8-9-6-7-13-11-5-3-2-4-10(9)11/h2-8H,1H3,(H,15,16)/b14-8-. The van der Waals surface area contributed by atoms with Gasteiger partial charge in [-0.15, -0.1) is 0 Å². The summed E-state index contributed by atoms with van der Waals surface area (Å²) >= 11 is 0. The topological polar surface area (TPSA) is 63.6 Å². The quantitative estimate of drug-likeness (QED) is 0.632. The van der Waals surface area contributed by atoms with Gasteiger partial charge < -0.3 is 4.74 Å². The molecule has 0 saturated carbocycles. The molecular formula is C12H11N3O2. The summed E-state index contributed by atoms with van der Waals surface area (Å²) in [6.07, 6.45) is 2.66. The van der Waals surface area contributed by atoms with Gasteiger partial charge in [0.05, 0.1) is 18.8 Å². The van der Waals surface area contributed by atoms with Gasteiger partial charge in [-0.2, -0.15) is 5.10 Å². The first kappa shape index (κ1) is 11.1. The van der Waals surface area contributed by atoms with Crippen molar-refractivity contribution < 1.29 is 9.53 Å². The van der Waals surface area contributed by atoms with Crippen molar-refractivity contribution >= 4 is 23.2 Å². The second kappa shape index (κ2) is 5.07. The number of hydrogen-bond donors (Lipinski definition) is 1. The number of benzene rings is 1. The normalized spacial score (nSPS) is 10.6. The number of fused-ring (bicyclic) bond motifs is 1. The van der Waals surface area contributed by atoms with Gasteiger partial charge in [-0.25, -0.2) is 10.2 Å². The molecule has 2 aromatic rings. The third kappa shape index (κ3) is 2.57. The SMILES string of the molecule is COC(=O)N/N=C\c1ccnc2ccccc12. The summed E-state index contributed by atoms with van der Waals surface area (Å²) in [4.78, 5) is 15.0. The summed E-state index contributed by atoms with van der Waals surface area (Å²) in [5.41, 5.74) is 4.00. The lowest BCUT2D eigenvalue weighted by atomic mass is 10.1. The second-order valence-electron chi connectivity index (χ2n) is 3.28. The minimum atomic E-state index is -0.598. The maximum atomic E-state index is 10.8. The van der Waals surface area contributed by atoms with E-state index in [0.717, 1.165) is 16.5 Å². The van der Waals surface area contributed by atoms with E-state index in [1.807, 2.05) is 30.3 Å². The Kier molecular flexibility index (Phi) is 3.30. The highest BCUT2D eigenvalue weighted by molar-refractivity contribution is 5.98. The summed E-state index contributed by atoms with van der Waals surface area (Å²) in [6.45, 7) is 0. The van der Waals surface area contributed by atoms with Gasteiger partial charge in [0, 0.05) is 17.1 Å². The van der Waals surface area contributed by atoms with E-state index >= 15 is 0 Å². The number of aromatic nitrogens is 1. The number of carbonyl (C=O) groups is 1. The van der Waals surface area contributed by atoms with Crippen LogP contribution in [0.5, 0.6) is 0 Å². The summed E-state index contributed by atoms with van der Waals surface area (Å²) in [5, 5.41) is 4.76. The molecule has 0 atom stereocenters. The number of para-hydroxylation sites is 1. The van der Waals surface area contributed by atoms with Crippen LogP contribution in [0.25, 0.3) is 10.9 Å². The number of hydrazone groups is 1. The Labute approximate surface area is 98.1 Å². The van der Waals surface area contributed by atoms with Crippen molar-refractivity contribution in [3.63, 3.8) is 0 Å². The molecule has 0 spiro atoms. The molecular weight excluding hydrogens is 218 g/mol. The van der Waals surface area contributed by atoms with Gasteiger partial charge >= 0.3 is 6.09 Å². The van der Waals surface area contributed by atoms with E-state index in [1.165, 1.54) is 7.11 Å². The number of nitrogens with zero attached hydrogens (tertiary/aromatic N) is 2. The molecule has 1 amide bonds. The van der Waals surface area contributed by atoms with Crippen LogP contribution in [0.15, 0.2) is 41.6 Å². The number of amides is 1. The summed E-state index contributed by atoms with van der Waals surface area (Å²) in [7, 11) is 1.28. The van der Waals surface area contributed by atoms with Gasteiger partial charge in [-0.3, -0.25) is 4.98 Å². The van der Waals surface area contributed by atoms with Gasteiger partial charge in [-0.05, 0) is 12.1 Å². The number of methoxy groups -OCH3 is 1. The van der Waals surface area contributed by atoms with Crippen LogP contribution in [0.1, 0.15) is 5.56 Å². The molecule has 17 heavy (non-hydrogen) atoms. The smallest absolute Gasteiger partial charge is 0.427 e. The molecule has 0 fully saturated rings. The van der Waals surface area contributed by atoms with Crippen LogP contribution in [0, 0.1) is 0 Å². The molecule has 5 heteroatoms. The largest absolute Gasteiger partial charge is 0.452 e. The van der Waals surface area contributed by atoms with Crippen LogP contribution >= 0.6 is 0 Å². The van der Waals surface area contributed by atoms with Gasteiger partial charge in [0.25, 0.3) is 0 Å². The minimum Gasteiger partial charge on any atom is -0.452 e. The number of hydrogen-bond acceptors (Lipinski definition) is 4. The number of nitrogens with one attached hydrogen (secondary N) is 1. The van der Waals surface area contributed by atoms with Crippen molar-refractivity contribution in [3.05, 3.63) is 42.1 Å². The number of pyridine rings is 1. The first-order valence-corrected chi connectivity index (χ1v) is 5.02. The molecule has 0 unspecified atom stereocenters. The highest BCUT2D eigenvalue weighted by Gasteiger charge is 1.98. The van der Waals surface area contributed by atoms with Gasteiger partial charge in [0.2, 0.25) is 0 Å². The Morgan fingerprint density at radius 2 is 2.24 bits per heavy atom. The molecule has 5 nitrogen and oxygen atoms in total. The fourth-order valence-electron chi connectivity index (χ4n) is 1.43. The number of rotatable bonds is 2. The first-order valence-electron chi connectivity index (χ1n) is 5.02. The van der Waals surface area contributed by atoms with E-state index in [1.54, 1.807) is 12.4 Å². The van der Waals surface area contributed by atoms with Crippen molar-refractivity contribution in [1.82, 2.24) is 10.4 Å². The van der Waals surface area contributed by atoms with Crippen LogP contribution in [0.4, 0.5) is 4.79 Å². The van der Waals surface area contributed by atoms with Crippen LogP contribution in [0.2, 0.25) is 0 Å². The second-order valence-corrected chi connectivity index (χ2v) is 3.28. The predicted octanol–water partition coefficient (Wildman–Crippen LogP) is 1.92. The third-order valence-corrected chi connectivity index (χ3v) is 2.23. The molecule has 86 valence electrons. The molecule has 2 rings (SSSR count). The van der Waals surface area contributed by atoms with Crippen molar-refractivity contribution in [2.24, 2.45) is 5.10 Å². The maximum Gasteiger partial charge on any atom is 0.427 e. The lowest BCUT2D eigenvalue weighted by molar-refractivity contribution is 0.171. The molecule has 0 aliphatic rings. The van der Waals surface area contributed by atoms with Crippen LogP contribution in [0.3, 0.4) is 0 Å². The lowest BCUT2D eigenvalue weighted by Crippen LogP contribution is -2.16. The first-order chi connectivity index (χ1) is 8.31. The van der Waals surface area contributed by atoms with Crippen LogP contribution < -0.4 is 5.43 Å². The zero-order valence-corrected chi connectivity index (χ0v) is 9.25. The average molecular weight is 229 g/mol. The third-order valence-electron chi connectivity index (χ3n) is 2.23. The van der Waals surface area contributed by atoms with E-state index in [2.05, 4.69) is 20.2 Å². The fourth-order valence-corrected chi connectivity index (χ4v) is 1.43. The Balaban J connectivity index is 2.27. The molecule has 0 aliphatic carbocycles. The van der Waals surface area contributed by atoms with Crippen molar-refractivity contribution in [1.29, 1.82) is 0 Å². The van der Waals surface area contributed by atoms with Crippen LogP contribution in [-0.4, -0.2) is 24.4 Å². The number of ether oxygens (including phenoxy) is 1. The predicted molar refractivity (Wildman–Crippen MR) is 64.9 cm³/mol. The molecule has 1 aromatic heterocycles. The highest BCUT2D eigenvalue weighted by Crippen LogP contribution is 2.13. The van der Waals surface area contributed by atoms with E-state index < -0.39 is 6.09 Å². The molecule has 0 aliphatic heterocycles. The minimum absolute atomic E-state index is 0.598. The monoisotopic (exact) mass is 229 g/mol. The Bertz CT molecular complexity index is 561. The molecule has 1 N–H and O–H groups in total. The summed E-state index contributed by atoms with van der Waals surface area (Å²) in [6, 6.07) is 9.53. The van der Waals surface area contributed by atoms with Crippen molar-refractivity contribution in [2.45, 2.75) is 0 Å². The Morgan fingerprint density at radius 3 is 3.06 bits per heavy atom. The van der Waals surface area contributed by atoms with Gasteiger partial charge in [0.1, 0.15) is 0 Å². The van der Waals surface area contributed by atoms with E-state index in [-0.39, 0.29) is 0 Å². The lowest BCUT2D eigenvalue weighted by Gasteiger charge is -2.00. The van der Waals surface area contributed by atoms with Crippen LogP contribution in [-0.2, 0) is 4.74 Å². The molecule has 0 saturated heterocycles.